The molecule has 96 valence electrons. The topological polar surface area (TPSA) is 60.0 Å². The van der Waals surface area contributed by atoms with Crippen molar-refractivity contribution in [2.24, 2.45) is 15.9 Å². The summed E-state index contributed by atoms with van der Waals surface area (Å²) in [6.07, 6.45) is 2.23. The van der Waals surface area contributed by atoms with E-state index in [2.05, 4.69) is 17.1 Å². The molecule has 0 radical (unpaired) electrons. The van der Waals surface area contributed by atoms with Gasteiger partial charge in [0.15, 0.2) is 5.17 Å². The summed E-state index contributed by atoms with van der Waals surface area (Å²) >= 11 is 1.51. The minimum absolute atomic E-state index is 0.526. The fourth-order valence-corrected chi connectivity index (χ4v) is 2.14. The molecule has 0 saturated heterocycles. The lowest BCUT2D eigenvalue weighted by Crippen LogP contribution is -2.16. The Bertz CT molecular complexity index is 454. The molecule has 1 aliphatic rings. The highest BCUT2D eigenvalue weighted by Crippen LogP contribution is 2.17. The summed E-state index contributed by atoms with van der Waals surface area (Å²) in [5.41, 5.74) is 7.58. The van der Waals surface area contributed by atoms with Crippen LogP contribution >= 0.6 is 11.8 Å². The van der Waals surface area contributed by atoms with E-state index in [9.17, 15) is 0 Å². The third-order valence-corrected chi connectivity index (χ3v) is 3.38. The van der Waals surface area contributed by atoms with Gasteiger partial charge in [-0.2, -0.15) is 5.10 Å². The molecule has 0 aliphatic carbocycles. The van der Waals surface area contributed by atoms with Crippen LogP contribution < -0.4 is 10.5 Å². The van der Waals surface area contributed by atoms with E-state index in [-0.39, 0.29) is 0 Å². The van der Waals surface area contributed by atoms with Crippen LogP contribution in [0.4, 0.5) is 0 Å². The summed E-state index contributed by atoms with van der Waals surface area (Å²) in [7, 11) is 0. The van der Waals surface area contributed by atoms with Crippen LogP contribution in [-0.2, 0) is 0 Å². The zero-order valence-corrected chi connectivity index (χ0v) is 11.2. The average molecular weight is 263 g/mol. The van der Waals surface area contributed by atoms with E-state index < -0.39 is 0 Å². The van der Waals surface area contributed by atoms with Crippen molar-refractivity contribution in [1.29, 1.82) is 0 Å². The maximum Gasteiger partial charge on any atom is 0.180 e. The van der Waals surface area contributed by atoms with Gasteiger partial charge in [0.25, 0.3) is 0 Å². The molecule has 1 aromatic rings. The number of thioether (sulfide) groups is 1. The van der Waals surface area contributed by atoms with E-state index in [1.807, 2.05) is 24.3 Å². The van der Waals surface area contributed by atoms with Crippen LogP contribution in [0.5, 0.6) is 5.75 Å². The van der Waals surface area contributed by atoms with Crippen molar-refractivity contribution in [1.82, 2.24) is 0 Å². The van der Waals surface area contributed by atoms with Crippen molar-refractivity contribution < 1.29 is 4.74 Å². The Kier molecular flexibility index (Phi) is 4.64. The molecule has 0 aromatic heterocycles. The summed E-state index contributed by atoms with van der Waals surface area (Å²) in [6.45, 7) is 2.92. The summed E-state index contributed by atoms with van der Waals surface area (Å²) in [4.78, 5) is 0. The molecule has 1 heterocycles. The maximum absolute atomic E-state index is 5.61. The molecule has 4 nitrogen and oxygen atoms in total. The number of hydrogen-bond donors (Lipinski definition) is 1. The van der Waals surface area contributed by atoms with Crippen molar-refractivity contribution in [2.75, 3.05) is 12.4 Å². The Morgan fingerprint density at radius 3 is 2.67 bits per heavy atom. The van der Waals surface area contributed by atoms with Crippen LogP contribution in [0.1, 0.15) is 25.3 Å². The highest BCUT2D eigenvalue weighted by Gasteiger charge is 2.10. The van der Waals surface area contributed by atoms with E-state index in [4.69, 9.17) is 10.5 Å². The number of amidine groups is 1. The van der Waals surface area contributed by atoms with Gasteiger partial charge in [-0.1, -0.05) is 25.1 Å². The quantitative estimate of drug-likeness (QED) is 0.831. The SMILES string of the molecule is CCCCOc1ccc(C2=NN=C(N)SC2)cc1. The Labute approximate surface area is 111 Å². The van der Waals surface area contributed by atoms with E-state index in [1.54, 1.807) is 0 Å². The van der Waals surface area contributed by atoms with Crippen LogP contribution in [0, 0.1) is 0 Å². The Hall–Kier alpha value is -1.49. The van der Waals surface area contributed by atoms with Gasteiger partial charge >= 0.3 is 0 Å². The van der Waals surface area contributed by atoms with Crippen LogP contribution in [0.2, 0.25) is 0 Å². The molecule has 18 heavy (non-hydrogen) atoms. The molecule has 1 aliphatic heterocycles. The second-order valence-corrected chi connectivity index (χ2v) is 5.00. The van der Waals surface area contributed by atoms with Crippen molar-refractivity contribution in [3.8, 4) is 5.75 Å². The number of unbranched alkanes of at least 4 members (excludes halogenated alkanes) is 1. The van der Waals surface area contributed by atoms with Crippen LogP contribution in [0.15, 0.2) is 34.5 Å². The van der Waals surface area contributed by atoms with Gasteiger partial charge < -0.3 is 10.5 Å². The third kappa shape index (κ3) is 3.50. The van der Waals surface area contributed by atoms with Gasteiger partial charge in [0, 0.05) is 5.75 Å². The van der Waals surface area contributed by atoms with Gasteiger partial charge in [-0.15, -0.1) is 5.10 Å². The van der Waals surface area contributed by atoms with Crippen LogP contribution in [-0.4, -0.2) is 23.2 Å². The second kappa shape index (κ2) is 6.44. The molecule has 0 unspecified atom stereocenters. The summed E-state index contributed by atoms with van der Waals surface area (Å²) in [6, 6.07) is 7.97. The van der Waals surface area contributed by atoms with Gasteiger partial charge in [-0.05, 0) is 36.2 Å². The fourth-order valence-electron chi connectivity index (χ4n) is 1.53. The molecule has 0 fully saturated rings. The number of nitrogens with zero attached hydrogens (tertiary/aromatic N) is 2. The monoisotopic (exact) mass is 263 g/mol. The standard InChI is InChI=1S/C13H17N3OS/c1-2-3-8-17-11-6-4-10(5-7-11)12-9-18-13(14)16-15-12/h4-7H,2-3,8-9H2,1H3,(H2,14,16). The van der Waals surface area contributed by atoms with E-state index in [0.717, 1.165) is 42.2 Å². The normalized spacial score (nSPS) is 14.9. The minimum atomic E-state index is 0.526. The van der Waals surface area contributed by atoms with Gasteiger partial charge in [-0.25, -0.2) is 0 Å². The van der Waals surface area contributed by atoms with Crippen LogP contribution in [0.3, 0.4) is 0 Å². The highest BCUT2D eigenvalue weighted by atomic mass is 32.2. The summed E-state index contributed by atoms with van der Waals surface area (Å²) < 4.78 is 5.61. The minimum Gasteiger partial charge on any atom is -0.494 e. The third-order valence-electron chi connectivity index (χ3n) is 2.58. The summed E-state index contributed by atoms with van der Waals surface area (Å²) in [5, 5.41) is 8.51. The second-order valence-electron chi connectivity index (χ2n) is 4.00. The first-order valence-corrected chi connectivity index (χ1v) is 7.04. The first-order valence-electron chi connectivity index (χ1n) is 6.05. The largest absolute Gasteiger partial charge is 0.494 e. The van der Waals surface area contributed by atoms with Crippen molar-refractivity contribution >= 4 is 22.6 Å². The van der Waals surface area contributed by atoms with E-state index in [0.29, 0.717) is 5.17 Å². The molecule has 0 spiro atoms. The Morgan fingerprint density at radius 2 is 2.06 bits per heavy atom. The Morgan fingerprint density at radius 1 is 1.28 bits per heavy atom. The zero-order chi connectivity index (χ0) is 12.8. The first kappa shape index (κ1) is 13.0. The van der Waals surface area contributed by atoms with Gasteiger partial charge in [0.2, 0.25) is 0 Å². The molecule has 0 atom stereocenters. The summed E-state index contributed by atoms with van der Waals surface area (Å²) in [5.74, 6) is 1.67. The number of hydrogen-bond acceptors (Lipinski definition) is 5. The first-order chi connectivity index (χ1) is 8.79. The number of nitrogens with two attached hydrogens (primary N) is 1. The molecule has 5 heteroatoms. The maximum atomic E-state index is 5.61. The van der Waals surface area contributed by atoms with Gasteiger partial charge in [0.1, 0.15) is 5.75 Å². The number of benzene rings is 1. The molecule has 2 rings (SSSR count). The Balaban J connectivity index is 1.99. The van der Waals surface area contributed by atoms with Crippen molar-refractivity contribution in [2.45, 2.75) is 19.8 Å². The number of ether oxygens (including phenoxy) is 1. The molecule has 1 aromatic carbocycles. The molecule has 0 saturated carbocycles. The fraction of sp³-hybridized carbons (Fsp3) is 0.385. The lowest BCUT2D eigenvalue weighted by atomic mass is 10.1. The van der Waals surface area contributed by atoms with Gasteiger partial charge in [0.05, 0.1) is 12.3 Å². The van der Waals surface area contributed by atoms with E-state index in [1.165, 1.54) is 11.8 Å². The molecule has 0 bridgehead atoms. The van der Waals surface area contributed by atoms with Crippen molar-refractivity contribution in [3.63, 3.8) is 0 Å². The number of rotatable bonds is 5. The highest BCUT2D eigenvalue weighted by molar-refractivity contribution is 8.14. The van der Waals surface area contributed by atoms with Crippen LogP contribution in [0.25, 0.3) is 0 Å². The predicted molar refractivity (Wildman–Crippen MR) is 77.5 cm³/mol. The molecule has 2 N–H and O–H groups in total. The molecule has 0 amide bonds. The van der Waals surface area contributed by atoms with E-state index >= 15 is 0 Å². The van der Waals surface area contributed by atoms with Gasteiger partial charge in [-0.3, -0.25) is 0 Å². The lowest BCUT2D eigenvalue weighted by Gasteiger charge is -2.10. The van der Waals surface area contributed by atoms with Crippen molar-refractivity contribution in [3.05, 3.63) is 29.8 Å². The lowest BCUT2D eigenvalue weighted by molar-refractivity contribution is 0.309. The predicted octanol–water partition coefficient (Wildman–Crippen LogP) is 2.63. The average Bonchev–Trinajstić information content (AvgIpc) is 2.41. The molecular formula is C13H17N3OS. The molecular weight excluding hydrogens is 246 g/mol. The zero-order valence-electron chi connectivity index (χ0n) is 10.4. The smallest absolute Gasteiger partial charge is 0.180 e.